The molecule has 0 fully saturated rings. The SMILES string of the molecule is OC(CCSc1ccccn1)c1cccs1. The Morgan fingerprint density at radius 3 is 2.94 bits per heavy atom. The minimum absolute atomic E-state index is 0.337. The van der Waals surface area contributed by atoms with Crippen molar-refractivity contribution in [3.8, 4) is 0 Å². The summed E-state index contributed by atoms with van der Waals surface area (Å²) in [5, 5.41) is 12.9. The Bertz CT molecular complexity index is 402. The Kier molecular flexibility index (Phi) is 4.39. The summed E-state index contributed by atoms with van der Waals surface area (Å²) in [6, 6.07) is 9.81. The van der Waals surface area contributed by atoms with Crippen LogP contribution in [-0.4, -0.2) is 15.8 Å². The number of aliphatic hydroxyl groups excluding tert-OH is 1. The second-order valence-electron chi connectivity index (χ2n) is 3.34. The topological polar surface area (TPSA) is 33.1 Å². The Morgan fingerprint density at radius 2 is 2.25 bits per heavy atom. The molecule has 0 aliphatic rings. The van der Waals surface area contributed by atoms with Gasteiger partial charge in [0.15, 0.2) is 0 Å². The van der Waals surface area contributed by atoms with Gasteiger partial charge < -0.3 is 5.11 Å². The molecule has 16 heavy (non-hydrogen) atoms. The highest BCUT2D eigenvalue weighted by molar-refractivity contribution is 7.99. The summed E-state index contributed by atoms with van der Waals surface area (Å²) in [6.07, 6.45) is 2.22. The van der Waals surface area contributed by atoms with Crippen molar-refractivity contribution in [2.24, 2.45) is 0 Å². The second-order valence-corrected chi connectivity index (χ2v) is 5.43. The van der Waals surface area contributed by atoms with Crippen molar-refractivity contribution < 1.29 is 5.11 Å². The van der Waals surface area contributed by atoms with Gasteiger partial charge in [0.05, 0.1) is 11.1 Å². The molecule has 4 heteroatoms. The fourth-order valence-corrected chi connectivity index (χ4v) is 2.94. The molecule has 84 valence electrons. The van der Waals surface area contributed by atoms with Crippen LogP contribution in [0.3, 0.4) is 0 Å². The maximum atomic E-state index is 9.86. The van der Waals surface area contributed by atoms with E-state index in [1.165, 1.54) is 0 Å². The minimum atomic E-state index is -0.337. The normalized spacial score (nSPS) is 12.6. The lowest BCUT2D eigenvalue weighted by molar-refractivity contribution is 0.179. The van der Waals surface area contributed by atoms with E-state index in [-0.39, 0.29) is 6.10 Å². The van der Waals surface area contributed by atoms with E-state index >= 15 is 0 Å². The number of aliphatic hydroxyl groups is 1. The molecule has 1 atom stereocenters. The van der Waals surface area contributed by atoms with Gasteiger partial charge in [-0.2, -0.15) is 0 Å². The number of thioether (sulfide) groups is 1. The molecule has 0 amide bonds. The Labute approximate surface area is 103 Å². The standard InChI is InChI=1S/C12H13NOS2/c14-10(11-4-3-8-15-11)6-9-16-12-5-1-2-7-13-12/h1-5,7-8,10,14H,6,9H2. The van der Waals surface area contributed by atoms with Crippen LogP contribution < -0.4 is 0 Å². The largest absolute Gasteiger partial charge is 0.388 e. The summed E-state index contributed by atoms with van der Waals surface area (Å²) in [7, 11) is 0. The first-order valence-corrected chi connectivity index (χ1v) is 6.98. The average molecular weight is 251 g/mol. The maximum Gasteiger partial charge on any atom is 0.0959 e. The molecule has 2 aromatic rings. The zero-order valence-electron chi connectivity index (χ0n) is 8.74. The highest BCUT2D eigenvalue weighted by Gasteiger charge is 2.08. The van der Waals surface area contributed by atoms with Crippen LogP contribution in [0.15, 0.2) is 46.9 Å². The smallest absolute Gasteiger partial charge is 0.0959 e. The molecule has 0 saturated carbocycles. The number of hydrogen-bond acceptors (Lipinski definition) is 4. The Morgan fingerprint density at radius 1 is 1.31 bits per heavy atom. The van der Waals surface area contributed by atoms with Gasteiger partial charge in [0.25, 0.3) is 0 Å². The summed E-state index contributed by atoms with van der Waals surface area (Å²) >= 11 is 3.28. The number of aromatic nitrogens is 1. The zero-order valence-corrected chi connectivity index (χ0v) is 10.4. The van der Waals surface area contributed by atoms with Gasteiger partial charge in [-0.15, -0.1) is 23.1 Å². The van der Waals surface area contributed by atoms with Gasteiger partial charge in [0.1, 0.15) is 0 Å². The van der Waals surface area contributed by atoms with Crippen LogP contribution in [0.4, 0.5) is 0 Å². The Balaban J connectivity index is 1.76. The van der Waals surface area contributed by atoms with Crippen LogP contribution in [0.5, 0.6) is 0 Å². The van der Waals surface area contributed by atoms with Crippen LogP contribution in [0, 0.1) is 0 Å². The quantitative estimate of drug-likeness (QED) is 0.827. The summed E-state index contributed by atoms with van der Waals surface area (Å²) in [5.41, 5.74) is 0. The molecule has 0 spiro atoms. The van der Waals surface area contributed by atoms with Crippen molar-refractivity contribution in [1.29, 1.82) is 0 Å². The van der Waals surface area contributed by atoms with Crippen molar-refractivity contribution >= 4 is 23.1 Å². The van der Waals surface area contributed by atoms with Crippen LogP contribution in [0.1, 0.15) is 17.4 Å². The van der Waals surface area contributed by atoms with Gasteiger partial charge in [-0.25, -0.2) is 4.98 Å². The molecule has 0 bridgehead atoms. The molecule has 0 aliphatic heterocycles. The molecule has 2 rings (SSSR count). The minimum Gasteiger partial charge on any atom is -0.388 e. The van der Waals surface area contributed by atoms with E-state index in [0.717, 1.165) is 22.1 Å². The van der Waals surface area contributed by atoms with E-state index in [4.69, 9.17) is 0 Å². The van der Waals surface area contributed by atoms with Crippen LogP contribution in [0.25, 0.3) is 0 Å². The molecule has 0 radical (unpaired) electrons. The first-order valence-electron chi connectivity index (χ1n) is 5.11. The second kappa shape index (κ2) is 6.03. The lowest BCUT2D eigenvalue weighted by atomic mass is 10.2. The van der Waals surface area contributed by atoms with Crippen LogP contribution >= 0.6 is 23.1 Å². The van der Waals surface area contributed by atoms with E-state index < -0.39 is 0 Å². The third kappa shape index (κ3) is 3.33. The van der Waals surface area contributed by atoms with E-state index in [1.807, 2.05) is 35.7 Å². The average Bonchev–Trinajstić information content (AvgIpc) is 2.84. The van der Waals surface area contributed by atoms with Gasteiger partial charge in [-0.05, 0) is 30.0 Å². The summed E-state index contributed by atoms with van der Waals surface area (Å²) in [4.78, 5) is 5.27. The predicted molar refractivity (Wildman–Crippen MR) is 68.9 cm³/mol. The molecule has 0 aromatic carbocycles. The monoisotopic (exact) mass is 251 g/mol. The number of pyridine rings is 1. The van der Waals surface area contributed by atoms with Crippen molar-refractivity contribution in [2.75, 3.05) is 5.75 Å². The molecule has 0 saturated heterocycles. The van der Waals surface area contributed by atoms with Gasteiger partial charge >= 0.3 is 0 Å². The Hall–Kier alpha value is -0.840. The van der Waals surface area contributed by atoms with Crippen molar-refractivity contribution in [2.45, 2.75) is 17.6 Å². The van der Waals surface area contributed by atoms with Crippen molar-refractivity contribution in [1.82, 2.24) is 4.98 Å². The van der Waals surface area contributed by atoms with Gasteiger partial charge in [0, 0.05) is 16.8 Å². The van der Waals surface area contributed by atoms with Crippen molar-refractivity contribution in [3.05, 3.63) is 46.8 Å². The van der Waals surface area contributed by atoms with E-state index in [2.05, 4.69) is 4.98 Å². The zero-order chi connectivity index (χ0) is 11.2. The molecular formula is C12H13NOS2. The highest BCUT2D eigenvalue weighted by Crippen LogP contribution is 2.25. The summed E-state index contributed by atoms with van der Waals surface area (Å²) < 4.78 is 0. The number of nitrogens with zero attached hydrogens (tertiary/aromatic N) is 1. The molecular weight excluding hydrogens is 238 g/mol. The molecule has 1 unspecified atom stereocenters. The fraction of sp³-hybridized carbons (Fsp3) is 0.250. The van der Waals surface area contributed by atoms with E-state index in [0.29, 0.717) is 0 Å². The molecule has 0 aliphatic carbocycles. The summed E-state index contributed by atoms with van der Waals surface area (Å²) in [5.74, 6) is 0.885. The lowest BCUT2D eigenvalue weighted by Crippen LogP contribution is -1.96. The molecule has 2 aromatic heterocycles. The molecule has 1 N–H and O–H groups in total. The number of hydrogen-bond donors (Lipinski definition) is 1. The highest BCUT2D eigenvalue weighted by atomic mass is 32.2. The van der Waals surface area contributed by atoms with Crippen LogP contribution in [-0.2, 0) is 0 Å². The molecule has 2 nitrogen and oxygen atoms in total. The lowest BCUT2D eigenvalue weighted by Gasteiger charge is -2.07. The van der Waals surface area contributed by atoms with Gasteiger partial charge in [-0.1, -0.05) is 12.1 Å². The van der Waals surface area contributed by atoms with Crippen LogP contribution in [0.2, 0.25) is 0 Å². The number of thiophene rings is 1. The molecule has 2 heterocycles. The third-order valence-corrected chi connectivity index (χ3v) is 4.10. The third-order valence-electron chi connectivity index (χ3n) is 2.15. The van der Waals surface area contributed by atoms with E-state index in [9.17, 15) is 5.11 Å². The van der Waals surface area contributed by atoms with Gasteiger partial charge in [0.2, 0.25) is 0 Å². The van der Waals surface area contributed by atoms with E-state index in [1.54, 1.807) is 29.3 Å². The van der Waals surface area contributed by atoms with Gasteiger partial charge in [-0.3, -0.25) is 0 Å². The maximum absolute atomic E-state index is 9.86. The first-order chi connectivity index (χ1) is 7.86. The fourth-order valence-electron chi connectivity index (χ4n) is 1.33. The summed E-state index contributed by atoms with van der Waals surface area (Å²) in [6.45, 7) is 0. The predicted octanol–water partition coefficient (Wildman–Crippen LogP) is 3.36. The van der Waals surface area contributed by atoms with Crippen molar-refractivity contribution in [3.63, 3.8) is 0 Å². The number of rotatable bonds is 5. The first kappa shape index (κ1) is 11.6.